The Balaban J connectivity index is 1.79. The molecule has 1 N–H and O–H groups in total. The summed E-state index contributed by atoms with van der Waals surface area (Å²) in [4.78, 5) is 28.0. The summed E-state index contributed by atoms with van der Waals surface area (Å²) < 4.78 is 5.32. The van der Waals surface area contributed by atoms with Crippen LogP contribution in [0.4, 0.5) is 0 Å². The zero-order valence-electron chi connectivity index (χ0n) is 18.2. The van der Waals surface area contributed by atoms with Gasteiger partial charge in [-0.2, -0.15) is 0 Å². The summed E-state index contributed by atoms with van der Waals surface area (Å²) in [6.07, 6.45) is 4.62. The Morgan fingerprint density at radius 1 is 1.13 bits per heavy atom. The SMILES string of the molecule is COc1cccc(CN(C(=O)Cc2ccccc2C)[C@@H](C)C(=O)NC2CCCC2)c1. The summed E-state index contributed by atoms with van der Waals surface area (Å²) in [6, 6.07) is 15.2. The largest absolute Gasteiger partial charge is 0.497 e. The molecule has 0 aromatic heterocycles. The molecule has 30 heavy (non-hydrogen) atoms. The van der Waals surface area contributed by atoms with Crippen LogP contribution in [0.3, 0.4) is 0 Å². The lowest BCUT2D eigenvalue weighted by atomic mass is 10.0. The lowest BCUT2D eigenvalue weighted by Crippen LogP contribution is -2.50. The number of carbonyl (C=O) groups is 2. The third kappa shape index (κ3) is 5.62. The highest BCUT2D eigenvalue weighted by atomic mass is 16.5. The quantitative estimate of drug-likeness (QED) is 0.718. The molecule has 2 amide bonds. The van der Waals surface area contributed by atoms with Gasteiger partial charge < -0.3 is 15.0 Å². The van der Waals surface area contributed by atoms with Crippen molar-refractivity contribution in [2.24, 2.45) is 0 Å². The minimum Gasteiger partial charge on any atom is -0.497 e. The van der Waals surface area contributed by atoms with Crippen LogP contribution in [0.5, 0.6) is 5.75 Å². The molecule has 0 unspecified atom stereocenters. The molecular formula is C25H32N2O3. The third-order valence-electron chi connectivity index (χ3n) is 5.96. The van der Waals surface area contributed by atoms with Gasteiger partial charge in [0.1, 0.15) is 11.8 Å². The Morgan fingerprint density at radius 3 is 2.57 bits per heavy atom. The van der Waals surface area contributed by atoms with Crippen LogP contribution in [0.2, 0.25) is 0 Å². The molecule has 3 rings (SSSR count). The molecule has 0 saturated heterocycles. The molecule has 5 heteroatoms. The van der Waals surface area contributed by atoms with Crippen molar-refractivity contribution in [3.05, 3.63) is 65.2 Å². The molecule has 1 fully saturated rings. The summed E-state index contributed by atoms with van der Waals surface area (Å²) in [6.45, 7) is 4.19. The average molecular weight is 409 g/mol. The number of nitrogens with one attached hydrogen (secondary N) is 1. The van der Waals surface area contributed by atoms with E-state index in [0.717, 1.165) is 48.1 Å². The predicted molar refractivity (Wildman–Crippen MR) is 118 cm³/mol. The second-order valence-electron chi connectivity index (χ2n) is 8.14. The Hall–Kier alpha value is -2.82. The first kappa shape index (κ1) is 21.9. The van der Waals surface area contributed by atoms with E-state index in [9.17, 15) is 9.59 Å². The van der Waals surface area contributed by atoms with Gasteiger partial charge in [-0.25, -0.2) is 0 Å². The number of methoxy groups -OCH3 is 1. The van der Waals surface area contributed by atoms with E-state index < -0.39 is 6.04 Å². The number of amides is 2. The van der Waals surface area contributed by atoms with E-state index in [1.54, 1.807) is 12.0 Å². The van der Waals surface area contributed by atoms with Gasteiger partial charge in [0.15, 0.2) is 0 Å². The fraction of sp³-hybridized carbons (Fsp3) is 0.440. The van der Waals surface area contributed by atoms with Crippen molar-refractivity contribution in [3.8, 4) is 5.75 Å². The number of nitrogens with zero attached hydrogens (tertiary/aromatic N) is 1. The molecule has 1 aliphatic rings. The van der Waals surface area contributed by atoms with Crippen molar-refractivity contribution in [2.75, 3.05) is 7.11 Å². The molecule has 160 valence electrons. The first-order valence-corrected chi connectivity index (χ1v) is 10.7. The van der Waals surface area contributed by atoms with E-state index in [-0.39, 0.29) is 24.3 Å². The van der Waals surface area contributed by atoms with Crippen molar-refractivity contribution in [1.82, 2.24) is 10.2 Å². The van der Waals surface area contributed by atoms with Gasteiger partial charge in [-0.15, -0.1) is 0 Å². The van der Waals surface area contributed by atoms with E-state index in [4.69, 9.17) is 4.74 Å². The van der Waals surface area contributed by atoms with Crippen LogP contribution in [0.25, 0.3) is 0 Å². The Morgan fingerprint density at radius 2 is 1.87 bits per heavy atom. The molecule has 1 saturated carbocycles. The van der Waals surface area contributed by atoms with Crippen molar-refractivity contribution in [2.45, 2.75) is 64.6 Å². The predicted octanol–water partition coefficient (Wildman–Crippen LogP) is 4.02. The molecular weight excluding hydrogens is 376 g/mol. The van der Waals surface area contributed by atoms with Gasteiger partial charge in [0.05, 0.1) is 13.5 Å². The van der Waals surface area contributed by atoms with Gasteiger partial charge in [0, 0.05) is 12.6 Å². The van der Waals surface area contributed by atoms with Crippen LogP contribution in [-0.2, 0) is 22.6 Å². The molecule has 0 radical (unpaired) electrons. The van der Waals surface area contributed by atoms with E-state index >= 15 is 0 Å². The van der Waals surface area contributed by atoms with E-state index in [1.165, 1.54) is 0 Å². The van der Waals surface area contributed by atoms with Gasteiger partial charge in [-0.05, 0) is 55.5 Å². The van der Waals surface area contributed by atoms with Crippen molar-refractivity contribution >= 4 is 11.8 Å². The highest BCUT2D eigenvalue weighted by Crippen LogP contribution is 2.20. The molecule has 2 aromatic rings. The van der Waals surface area contributed by atoms with Crippen LogP contribution in [0, 0.1) is 6.92 Å². The monoisotopic (exact) mass is 408 g/mol. The van der Waals surface area contributed by atoms with Gasteiger partial charge in [-0.1, -0.05) is 49.2 Å². The fourth-order valence-electron chi connectivity index (χ4n) is 4.01. The maximum Gasteiger partial charge on any atom is 0.242 e. The maximum atomic E-state index is 13.3. The number of benzene rings is 2. The first-order chi connectivity index (χ1) is 14.5. The second-order valence-corrected chi connectivity index (χ2v) is 8.14. The summed E-state index contributed by atoms with van der Waals surface area (Å²) >= 11 is 0. The minimum atomic E-state index is -0.548. The lowest BCUT2D eigenvalue weighted by molar-refractivity contribution is -0.140. The maximum absolute atomic E-state index is 13.3. The third-order valence-corrected chi connectivity index (χ3v) is 5.96. The highest BCUT2D eigenvalue weighted by Gasteiger charge is 2.28. The van der Waals surface area contributed by atoms with Gasteiger partial charge in [0.25, 0.3) is 0 Å². The number of rotatable bonds is 8. The Bertz CT molecular complexity index is 874. The molecule has 0 spiro atoms. The number of hydrogen-bond acceptors (Lipinski definition) is 3. The molecule has 0 aliphatic heterocycles. The zero-order valence-corrected chi connectivity index (χ0v) is 18.2. The van der Waals surface area contributed by atoms with E-state index in [1.807, 2.05) is 62.4 Å². The number of aryl methyl sites for hydroxylation is 1. The van der Waals surface area contributed by atoms with Crippen LogP contribution >= 0.6 is 0 Å². The van der Waals surface area contributed by atoms with E-state index in [2.05, 4.69) is 5.32 Å². The fourth-order valence-corrected chi connectivity index (χ4v) is 4.01. The van der Waals surface area contributed by atoms with Crippen molar-refractivity contribution in [3.63, 3.8) is 0 Å². The number of hydrogen-bond donors (Lipinski definition) is 1. The standard InChI is InChI=1S/C25H32N2O3/c1-18-9-4-5-11-21(18)16-24(28)27(17-20-10-8-14-23(15-20)30-3)19(2)25(29)26-22-12-6-7-13-22/h4-5,8-11,14-15,19,22H,6-7,12-13,16-17H2,1-3H3,(H,26,29)/t19-/m0/s1. The second kappa shape index (κ2) is 10.3. The normalized spacial score (nSPS) is 14.9. The number of carbonyl (C=O) groups excluding carboxylic acids is 2. The summed E-state index contributed by atoms with van der Waals surface area (Å²) in [7, 11) is 1.62. The van der Waals surface area contributed by atoms with E-state index in [0.29, 0.717) is 6.54 Å². The molecule has 0 heterocycles. The molecule has 0 bridgehead atoms. The molecule has 1 atom stereocenters. The first-order valence-electron chi connectivity index (χ1n) is 10.7. The Kier molecular flexibility index (Phi) is 7.50. The van der Waals surface area contributed by atoms with Crippen molar-refractivity contribution in [1.29, 1.82) is 0 Å². The average Bonchev–Trinajstić information content (AvgIpc) is 3.26. The summed E-state index contributed by atoms with van der Waals surface area (Å²) in [5.41, 5.74) is 3.00. The van der Waals surface area contributed by atoms with Gasteiger partial charge >= 0.3 is 0 Å². The molecule has 5 nitrogen and oxygen atoms in total. The number of ether oxygens (including phenoxy) is 1. The zero-order chi connectivity index (χ0) is 21.5. The van der Waals surface area contributed by atoms with Crippen molar-refractivity contribution < 1.29 is 14.3 Å². The van der Waals surface area contributed by atoms with Crippen LogP contribution in [0.1, 0.15) is 49.3 Å². The smallest absolute Gasteiger partial charge is 0.242 e. The lowest BCUT2D eigenvalue weighted by Gasteiger charge is -2.30. The van der Waals surface area contributed by atoms with Crippen LogP contribution < -0.4 is 10.1 Å². The van der Waals surface area contributed by atoms with Crippen LogP contribution in [0.15, 0.2) is 48.5 Å². The summed E-state index contributed by atoms with van der Waals surface area (Å²) in [5.74, 6) is 0.603. The van der Waals surface area contributed by atoms with Gasteiger partial charge in [-0.3, -0.25) is 9.59 Å². The molecule has 2 aromatic carbocycles. The minimum absolute atomic E-state index is 0.0545. The molecule has 1 aliphatic carbocycles. The van der Waals surface area contributed by atoms with Crippen LogP contribution in [-0.4, -0.2) is 35.9 Å². The topological polar surface area (TPSA) is 58.6 Å². The summed E-state index contributed by atoms with van der Waals surface area (Å²) in [5, 5.41) is 3.14. The highest BCUT2D eigenvalue weighted by molar-refractivity contribution is 5.88. The Labute approximate surface area is 179 Å². The van der Waals surface area contributed by atoms with Gasteiger partial charge in [0.2, 0.25) is 11.8 Å².